The summed E-state index contributed by atoms with van der Waals surface area (Å²) in [6.45, 7) is 7.29. The van der Waals surface area contributed by atoms with Gasteiger partial charge in [0.1, 0.15) is 11.2 Å². The fourth-order valence-electron chi connectivity index (χ4n) is 4.55. The highest BCUT2D eigenvalue weighted by atomic mass is 16.5. The van der Waals surface area contributed by atoms with Crippen LogP contribution in [0.2, 0.25) is 0 Å². The molecule has 0 saturated carbocycles. The van der Waals surface area contributed by atoms with Crippen molar-refractivity contribution in [2.75, 3.05) is 0 Å². The van der Waals surface area contributed by atoms with E-state index in [2.05, 4.69) is 54.6 Å². The van der Waals surface area contributed by atoms with Crippen LogP contribution in [0.4, 0.5) is 0 Å². The third kappa shape index (κ3) is 2.70. The van der Waals surface area contributed by atoms with Crippen LogP contribution in [0.25, 0.3) is 55.0 Å². The van der Waals surface area contributed by atoms with E-state index in [9.17, 15) is 5.11 Å². The van der Waals surface area contributed by atoms with E-state index in [0.717, 1.165) is 27.4 Å². The van der Waals surface area contributed by atoms with Crippen LogP contribution in [0.15, 0.2) is 71.1 Å². The molecule has 0 atom stereocenters. The van der Waals surface area contributed by atoms with Crippen molar-refractivity contribution >= 4 is 45.7 Å². The number of rotatable bonds is 4. The Labute approximate surface area is 187 Å². The van der Waals surface area contributed by atoms with Gasteiger partial charge in [0.15, 0.2) is 0 Å². The fourth-order valence-corrected chi connectivity index (χ4v) is 4.55. The molecule has 0 saturated heterocycles. The molecule has 0 aliphatic heterocycles. The molecule has 0 fully saturated rings. The molecule has 4 aromatic carbocycles. The normalized spacial score (nSPS) is 13.3. The van der Waals surface area contributed by atoms with Gasteiger partial charge in [0.25, 0.3) is 0 Å². The Morgan fingerprint density at radius 1 is 0.812 bits per heavy atom. The standard InChI is InChI=1S/C28H24BO3/c1-27(2,30)28(3,4)32-29-17-12-13-23-21(15-17)22-14-16-8-7-11-19-18-9-5-6-10-20(18)25(24(16)19)26(22)31-23/h5-15,30H,1-4H3. The molecule has 4 heteroatoms. The van der Waals surface area contributed by atoms with Gasteiger partial charge >= 0.3 is 7.48 Å². The number of aliphatic hydroxyl groups is 1. The highest BCUT2D eigenvalue weighted by Gasteiger charge is 2.35. The Morgan fingerprint density at radius 2 is 1.56 bits per heavy atom. The number of furan rings is 1. The van der Waals surface area contributed by atoms with Crippen molar-refractivity contribution in [3.05, 3.63) is 66.7 Å². The molecule has 5 aromatic rings. The van der Waals surface area contributed by atoms with E-state index in [-0.39, 0.29) is 0 Å². The zero-order valence-corrected chi connectivity index (χ0v) is 18.7. The summed E-state index contributed by atoms with van der Waals surface area (Å²) in [4.78, 5) is 0. The third-order valence-corrected chi connectivity index (χ3v) is 7.07. The number of hydrogen-bond acceptors (Lipinski definition) is 3. The number of benzene rings is 4. The minimum Gasteiger partial charge on any atom is -0.455 e. The Balaban J connectivity index is 1.54. The van der Waals surface area contributed by atoms with Crippen LogP contribution in [-0.4, -0.2) is 23.8 Å². The summed E-state index contributed by atoms with van der Waals surface area (Å²) in [5.74, 6) is 0. The van der Waals surface area contributed by atoms with Gasteiger partial charge in [-0.05, 0) is 61.9 Å². The van der Waals surface area contributed by atoms with E-state index in [4.69, 9.17) is 9.07 Å². The molecule has 1 heterocycles. The lowest BCUT2D eigenvalue weighted by molar-refractivity contribution is -0.0893. The smallest absolute Gasteiger partial charge is 0.330 e. The Bertz CT molecular complexity index is 1540. The Kier molecular flexibility index (Phi) is 3.96. The first-order valence-electron chi connectivity index (χ1n) is 11.0. The van der Waals surface area contributed by atoms with Crippen LogP contribution in [0.5, 0.6) is 0 Å². The fraction of sp³-hybridized carbons (Fsp3) is 0.214. The van der Waals surface area contributed by atoms with Crippen molar-refractivity contribution in [1.82, 2.24) is 0 Å². The van der Waals surface area contributed by atoms with Crippen molar-refractivity contribution < 1.29 is 14.2 Å². The van der Waals surface area contributed by atoms with Gasteiger partial charge in [-0.15, -0.1) is 0 Å². The zero-order valence-electron chi connectivity index (χ0n) is 18.7. The van der Waals surface area contributed by atoms with Crippen molar-refractivity contribution in [3.8, 4) is 22.3 Å². The summed E-state index contributed by atoms with van der Waals surface area (Å²) in [6.07, 6.45) is 0. The maximum atomic E-state index is 10.4. The van der Waals surface area contributed by atoms with Crippen LogP contribution >= 0.6 is 0 Å². The van der Waals surface area contributed by atoms with Crippen molar-refractivity contribution in [2.45, 2.75) is 38.9 Å². The lowest BCUT2D eigenvalue weighted by atomic mass is 9.82. The molecule has 1 aliphatic rings. The number of hydrogen-bond donors (Lipinski definition) is 1. The molecule has 0 amide bonds. The molecule has 0 unspecified atom stereocenters. The van der Waals surface area contributed by atoms with Gasteiger partial charge in [-0.25, -0.2) is 0 Å². The molecule has 3 nitrogen and oxygen atoms in total. The molecular weight excluding hydrogens is 395 g/mol. The van der Waals surface area contributed by atoms with Crippen LogP contribution in [0, 0.1) is 0 Å². The van der Waals surface area contributed by atoms with E-state index in [1.807, 2.05) is 26.0 Å². The predicted octanol–water partition coefficient (Wildman–Crippen LogP) is 6.20. The monoisotopic (exact) mass is 419 g/mol. The summed E-state index contributed by atoms with van der Waals surface area (Å²) >= 11 is 0. The number of fused-ring (bicyclic) bond motifs is 7. The summed E-state index contributed by atoms with van der Waals surface area (Å²) < 4.78 is 12.4. The zero-order chi connectivity index (χ0) is 22.3. The second-order valence-electron chi connectivity index (χ2n) is 9.74. The van der Waals surface area contributed by atoms with Crippen LogP contribution in [-0.2, 0) is 4.65 Å². The first-order valence-corrected chi connectivity index (χ1v) is 11.0. The predicted molar refractivity (Wildman–Crippen MR) is 133 cm³/mol. The summed E-state index contributed by atoms with van der Waals surface area (Å²) in [5, 5.41) is 15.0. The molecular formula is C28H24BO3. The van der Waals surface area contributed by atoms with E-state index in [1.165, 1.54) is 33.0 Å². The summed E-state index contributed by atoms with van der Waals surface area (Å²) in [6, 6.07) is 23.4. The van der Waals surface area contributed by atoms with Gasteiger partial charge < -0.3 is 14.2 Å². The van der Waals surface area contributed by atoms with Gasteiger partial charge in [0.05, 0.1) is 11.2 Å². The van der Waals surface area contributed by atoms with E-state index in [0.29, 0.717) is 0 Å². The highest BCUT2D eigenvalue weighted by molar-refractivity contribution is 6.47. The lowest BCUT2D eigenvalue weighted by Crippen LogP contribution is -2.49. The van der Waals surface area contributed by atoms with Gasteiger partial charge in [-0.1, -0.05) is 60.1 Å². The minimum absolute atomic E-state index is 0.720. The summed E-state index contributed by atoms with van der Waals surface area (Å²) in [7, 11) is 1.73. The van der Waals surface area contributed by atoms with Crippen LogP contribution < -0.4 is 5.46 Å². The Morgan fingerprint density at radius 3 is 2.34 bits per heavy atom. The molecule has 0 bridgehead atoms. The Hall–Kier alpha value is -3.08. The molecule has 1 radical (unpaired) electrons. The molecule has 157 valence electrons. The van der Waals surface area contributed by atoms with Crippen LogP contribution in [0.3, 0.4) is 0 Å². The second kappa shape index (κ2) is 6.47. The lowest BCUT2D eigenvalue weighted by Gasteiger charge is -2.37. The van der Waals surface area contributed by atoms with Gasteiger partial charge in [0, 0.05) is 21.7 Å². The van der Waals surface area contributed by atoms with Crippen LogP contribution in [0.1, 0.15) is 27.7 Å². The first-order chi connectivity index (χ1) is 15.2. The molecule has 1 aromatic heterocycles. The first kappa shape index (κ1) is 19.6. The van der Waals surface area contributed by atoms with Crippen molar-refractivity contribution in [3.63, 3.8) is 0 Å². The molecule has 1 aliphatic carbocycles. The summed E-state index contributed by atoms with van der Waals surface area (Å²) in [5.41, 5.74) is 5.98. The molecule has 32 heavy (non-hydrogen) atoms. The van der Waals surface area contributed by atoms with Gasteiger partial charge in [-0.2, -0.15) is 0 Å². The van der Waals surface area contributed by atoms with E-state index >= 15 is 0 Å². The molecule has 1 N–H and O–H groups in total. The topological polar surface area (TPSA) is 42.6 Å². The quantitative estimate of drug-likeness (QED) is 0.346. The second-order valence-corrected chi connectivity index (χ2v) is 9.74. The average molecular weight is 419 g/mol. The molecule has 0 spiro atoms. The SMILES string of the molecule is CC(C)(O)C(C)(C)O[B]c1ccc2oc3c4c5c(cccc5cc3c2c1)-c1ccccc1-4. The van der Waals surface area contributed by atoms with E-state index in [1.54, 1.807) is 21.3 Å². The van der Waals surface area contributed by atoms with Crippen molar-refractivity contribution in [1.29, 1.82) is 0 Å². The maximum Gasteiger partial charge on any atom is 0.330 e. The van der Waals surface area contributed by atoms with E-state index < -0.39 is 11.2 Å². The molecule has 6 rings (SSSR count). The largest absolute Gasteiger partial charge is 0.455 e. The average Bonchev–Trinajstić information content (AvgIpc) is 3.29. The van der Waals surface area contributed by atoms with Gasteiger partial charge in [0.2, 0.25) is 0 Å². The van der Waals surface area contributed by atoms with Crippen molar-refractivity contribution in [2.24, 2.45) is 0 Å². The third-order valence-electron chi connectivity index (χ3n) is 7.07. The van der Waals surface area contributed by atoms with Gasteiger partial charge in [-0.3, -0.25) is 0 Å². The maximum absolute atomic E-state index is 10.4. The highest BCUT2D eigenvalue weighted by Crippen LogP contribution is 2.51. The minimum atomic E-state index is -0.968.